The lowest BCUT2D eigenvalue weighted by Gasteiger charge is -2.17. The van der Waals surface area contributed by atoms with Gasteiger partial charge in [0, 0.05) is 23.7 Å². The third-order valence-corrected chi connectivity index (χ3v) is 4.96. The van der Waals surface area contributed by atoms with E-state index in [2.05, 4.69) is 20.6 Å². The molecule has 0 saturated carbocycles. The molecule has 0 fully saturated rings. The minimum atomic E-state index is -4.62. The molecule has 8 nitrogen and oxygen atoms in total. The molecule has 180 valence electrons. The van der Waals surface area contributed by atoms with Crippen molar-refractivity contribution >= 4 is 28.8 Å². The molecular weight excluding hydrogens is 451 g/mol. The Bertz CT molecular complexity index is 1170. The van der Waals surface area contributed by atoms with Crippen LogP contribution in [-0.4, -0.2) is 28.4 Å². The van der Waals surface area contributed by atoms with Crippen molar-refractivity contribution < 1.29 is 27.5 Å². The van der Waals surface area contributed by atoms with Crippen LogP contribution in [-0.2, 0) is 15.7 Å². The van der Waals surface area contributed by atoms with E-state index in [0.717, 1.165) is 6.07 Å². The number of carbonyl (C=O) groups is 2. The third-order valence-electron chi connectivity index (χ3n) is 4.96. The number of nitrogens with two attached hydrogens (primary N) is 1. The normalized spacial score (nSPS) is 14.7. The Hall–Kier alpha value is -3.73. The summed E-state index contributed by atoms with van der Waals surface area (Å²) >= 11 is 0. The maximum absolute atomic E-state index is 13.4. The zero-order valence-corrected chi connectivity index (χ0v) is 18.8. The number of amides is 2. The number of ether oxygens (including phenoxy) is 1. The van der Waals surface area contributed by atoms with Crippen molar-refractivity contribution in [1.82, 2.24) is 9.97 Å². The van der Waals surface area contributed by atoms with Crippen LogP contribution in [0.25, 0.3) is 5.57 Å². The standard InChI is InChI=1S/C23H24F3N5O3/c1-4-34-20-9-14(5-8-19(20)32)21-28-11-18(13(3)29-21)31-22(33)30-15-6-7-16(12(2)27)17(10-15)23(24,25)26/h5-7,9-12H,4,8,27H2,1-3H3,(H2,30,31,33). The van der Waals surface area contributed by atoms with Crippen LogP contribution in [0, 0.1) is 6.92 Å². The molecule has 1 unspecified atom stereocenters. The van der Waals surface area contributed by atoms with Gasteiger partial charge in [-0.1, -0.05) is 12.1 Å². The molecule has 2 amide bonds. The fraction of sp³-hybridized carbons (Fsp3) is 0.304. The van der Waals surface area contributed by atoms with Gasteiger partial charge in [0.15, 0.2) is 11.6 Å². The van der Waals surface area contributed by atoms with Crippen LogP contribution in [0.5, 0.6) is 0 Å². The van der Waals surface area contributed by atoms with Crippen molar-refractivity contribution in [3.8, 4) is 0 Å². The number of aromatic nitrogens is 2. The molecule has 3 rings (SSSR count). The lowest BCUT2D eigenvalue weighted by molar-refractivity contribution is -0.138. The molecule has 1 heterocycles. The number of benzene rings is 1. The number of anilines is 2. The summed E-state index contributed by atoms with van der Waals surface area (Å²) in [4.78, 5) is 32.9. The molecular formula is C23H24F3N5O3. The number of hydrogen-bond acceptors (Lipinski definition) is 6. The molecule has 0 spiro atoms. The van der Waals surface area contributed by atoms with Crippen LogP contribution < -0.4 is 16.4 Å². The summed E-state index contributed by atoms with van der Waals surface area (Å²) in [5, 5.41) is 4.90. The first-order chi connectivity index (χ1) is 16.0. The first-order valence-electron chi connectivity index (χ1n) is 10.5. The van der Waals surface area contributed by atoms with Gasteiger partial charge in [0.1, 0.15) is 0 Å². The SMILES string of the molecule is CCOC1=CC(c2ncc(NC(=O)Nc3ccc(C(C)N)c(C(F)(F)F)c3)c(C)n2)=CCC1=O. The summed E-state index contributed by atoms with van der Waals surface area (Å²) in [7, 11) is 0. The van der Waals surface area contributed by atoms with Gasteiger partial charge in [-0.3, -0.25) is 4.79 Å². The van der Waals surface area contributed by atoms with Crippen LogP contribution in [0.3, 0.4) is 0 Å². The Kier molecular flexibility index (Phi) is 7.35. The second kappa shape index (κ2) is 10.0. The van der Waals surface area contributed by atoms with E-state index in [4.69, 9.17) is 10.5 Å². The van der Waals surface area contributed by atoms with Gasteiger partial charge < -0.3 is 21.1 Å². The summed E-state index contributed by atoms with van der Waals surface area (Å²) in [6.07, 6.45) is 0.167. The summed E-state index contributed by atoms with van der Waals surface area (Å²) in [5.41, 5.74) is 5.90. The second-order valence-electron chi connectivity index (χ2n) is 7.59. The second-order valence-corrected chi connectivity index (χ2v) is 7.59. The van der Waals surface area contributed by atoms with E-state index < -0.39 is 23.8 Å². The number of allylic oxidation sites excluding steroid dienone is 4. The number of alkyl halides is 3. The van der Waals surface area contributed by atoms with Crippen molar-refractivity contribution in [2.24, 2.45) is 5.73 Å². The van der Waals surface area contributed by atoms with Crippen LogP contribution in [0.15, 0.2) is 42.3 Å². The average Bonchev–Trinajstić information content (AvgIpc) is 2.76. The highest BCUT2D eigenvalue weighted by Gasteiger charge is 2.34. The van der Waals surface area contributed by atoms with Crippen molar-refractivity contribution in [1.29, 1.82) is 0 Å². The van der Waals surface area contributed by atoms with E-state index in [9.17, 15) is 22.8 Å². The maximum atomic E-state index is 13.4. The first kappa shape index (κ1) is 24.9. The predicted octanol–water partition coefficient (Wildman–Crippen LogP) is 4.74. The zero-order valence-electron chi connectivity index (χ0n) is 18.8. The summed E-state index contributed by atoms with van der Waals surface area (Å²) < 4.78 is 45.4. The molecule has 2 aromatic rings. The van der Waals surface area contributed by atoms with E-state index >= 15 is 0 Å². The minimum Gasteiger partial charge on any atom is -0.490 e. The molecule has 1 aromatic heterocycles. The van der Waals surface area contributed by atoms with Crippen LogP contribution in [0.2, 0.25) is 0 Å². The Balaban J connectivity index is 1.75. The lowest BCUT2D eigenvalue weighted by Crippen LogP contribution is -2.22. The number of carbonyl (C=O) groups excluding carboxylic acids is 2. The third kappa shape index (κ3) is 5.79. The molecule has 1 aliphatic rings. The quantitative estimate of drug-likeness (QED) is 0.555. The van der Waals surface area contributed by atoms with Gasteiger partial charge in [0.2, 0.25) is 5.78 Å². The number of urea groups is 1. The van der Waals surface area contributed by atoms with Crippen LogP contribution in [0.1, 0.15) is 49.0 Å². The molecule has 11 heteroatoms. The van der Waals surface area contributed by atoms with E-state index in [1.807, 2.05) is 0 Å². The lowest BCUT2D eigenvalue weighted by atomic mass is 10.0. The van der Waals surface area contributed by atoms with Crippen LogP contribution in [0.4, 0.5) is 29.3 Å². The number of nitrogens with zero attached hydrogens (tertiary/aromatic N) is 2. The molecule has 4 N–H and O–H groups in total. The fourth-order valence-electron chi connectivity index (χ4n) is 3.31. The van der Waals surface area contributed by atoms with Crippen molar-refractivity contribution in [3.63, 3.8) is 0 Å². The Morgan fingerprint density at radius 1 is 1.29 bits per heavy atom. The van der Waals surface area contributed by atoms with Gasteiger partial charge in [-0.15, -0.1) is 0 Å². The van der Waals surface area contributed by atoms with E-state index in [1.54, 1.807) is 26.0 Å². The van der Waals surface area contributed by atoms with Gasteiger partial charge in [-0.05, 0) is 44.5 Å². The zero-order chi connectivity index (χ0) is 25.0. The summed E-state index contributed by atoms with van der Waals surface area (Å²) in [6, 6.07) is 1.83. The molecule has 1 aliphatic carbocycles. The molecule has 34 heavy (non-hydrogen) atoms. The van der Waals surface area contributed by atoms with Gasteiger partial charge >= 0.3 is 12.2 Å². The Morgan fingerprint density at radius 2 is 2.03 bits per heavy atom. The van der Waals surface area contributed by atoms with Crippen molar-refractivity contribution in [2.45, 2.75) is 39.4 Å². The van der Waals surface area contributed by atoms with Crippen molar-refractivity contribution in [2.75, 3.05) is 17.2 Å². The van der Waals surface area contributed by atoms with E-state index in [1.165, 1.54) is 25.3 Å². The van der Waals surface area contributed by atoms with Gasteiger partial charge in [0.25, 0.3) is 0 Å². The number of nitrogens with one attached hydrogen (secondary N) is 2. The van der Waals surface area contributed by atoms with Crippen molar-refractivity contribution in [3.05, 3.63) is 65.0 Å². The topological polar surface area (TPSA) is 119 Å². The number of aryl methyl sites for hydroxylation is 1. The largest absolute Gasteiger partial charge is 0.490 e. The smallest absolute Gasteiger partial charge is 0.416 e. The summed E-state index contributed by atoms with van der Waals surface area (Å²) in [6.45, 7) is 5.21. The molecule has 1 atom stereocenters. The van der Waals surface area contributed by atoms with E-state index in [-0.39, 0.29) is 34.9 Å². The molecule has 1 aromatic carbocycles. The first-order valence-corrected chi connectivity index (χ1v) is 10.5. The summed E-state index contributed by atoms with van der Waals surface area (Å²) in [5.74, 6) is 0.436. The van der Waals surface area contributed by atoms with Gasteiger partial charge in [-0.2, -0.15) is 13.2 Å². The number of rotatable bonds is 6. The highest BCUT2D eigenvalue weighted by atomic mass is 19.4. The number of halogens is 3. The number of Topliss-reactive ketones (excluding diaryl/α,β-unsaturated/α-hetero) is 1. The fourth-order valence-corrected chi connectivity index (χ4v) is 3.31. The average molecular weight is 475 g/mol. The molecule has 0 radical (unpaired) electrons. The Morgan fingerprint density at radius 3 is 2.65 bits per heavy atom. The maximum Gasteiger partial charge on any atom is 0.416 e. The minimum absolute atomic E-state index is 0.0463. The highest BCUT2D eigenvalue weighted by Crippen LogP contribution is 2.36. The van der Waals surface area contributed by atoms with Gasteiger partial charge in [-0.25, -0.2) is 14.8 Å². The van der Waals surface area contributed by atoms with E-state index in [0.29, 0.717) is 23.7 Å². The highest BCUT2D eigenvalue weighted by molar-refractivity contribution is 6.01. The van der Waals surface area contributed by atoms with Gasteiger partial charge in [0.05, 0.1) is 29.7 Å². The molecule has 0 saturated heterocycles. The number of ketones is 1. The number of hydrogen-bond donors (Lipinski definition) is 3. The monoisotopic (exact) mass is 475 g/mol. The predicted molar refractivity (Wildman–Crippen MR) is 121 cm³/mol. The Labute approximate surface area is 194 Å². The van der Waals surface area contributed by atoms with Crippen LogP contribution >= 0.6 is 0 Å². The molecule has 0 bridgehead atoms. The molecule has 0 aliphatic heterocycles.